The number of nitrogen functional groups attached to an aromatic ring is 1. The number of hydrogen-bond donors (Lipinski definition) is 2. The molecular weight excluding hydrogens is 508 g/mol. The molecule has 3 N–H and O–H groups in total. The van der Waals surface area contributed by atoms with E-state index in [2.05, 4.69) is 26.8 Å². The molecule has 0 spiro atoms. The minimum atomic E-state index is -0.332. The number of hydrogen-bond acceptors (Lipinski definition) is 8. The molecule has 2 unspecified atom stereocenters. The van der Waals surface area contributed by atoms with Crippen LogP contribution in [-0.4, -0.2) is 61.6 Å². The van der Waals surface area contributed by atoms with Crippen molar-refractivity contribution in [2.45, 2.75) is 25.8 Å². The summed E-state index contributed by atoms with van der Waals surface area (Å²) in [6.45, 7) is 7.01. The molecule has 2 atom stereocenters. The molecule has 2 amide bonds. The van der Waals surface area contributed by atoms with Gasteiger partial charge in [0.1, 0.15) is 29.4 Å². The average Bonchev–Trinajstić information content (AvgIpc) is 3.64. The third-order valence-corrected chi connectivity index (χ3v) is 7.95. The number of aromatic nitrogens is 5. The van der Waals surface area contributed by atoms with E-state index in [1.165, 1.54) is 19.5 Å². The molecule has 0 radical (unpaired) electrons. The van der Waals surface area contributed by atoms with Crippen molar-refractivity contribution < 1.29 is 14.3 Å². The molecule has 204 valence electrons. The third kappa shape index (κ3) is 4.42. The highest BCUT2D eigenvalue weighted by Gasteiger charge is 2.43. The summed E-state index contributed by atoms with van der Waals surface area (Å²) in [5, 5.41) is 8.48. The van der Waals surface area contributed by atoms with Crippen LogP contribution >= 0.6 is 0 Å². The SMILES string of the molecule is C=CC(=O)N1CC2CC(n3nc(-c4ccc(C(=O)Nc5cc(C)ccn5)c(OC)c4)c4c(N)ncnc43)CC2C1. The summed E-state index contributed by atoms with van der Waals surface area (Å²) in [5.74, 6) is 1.64. The average molecular weight is 539 g/mol. The van der Waals surface area contributed by atoms with E-state index >= 15 is 0 Å². The standard InChI is InChI=1S/C29H30N8O3/c1-4-24(38)36-13-18-10-20(11-19(18)14-36)37-28-25(27(30)32-15-33-28)26(35-37)17-5-6-21(22(12-17)40-3)29(39)34-23-9-16(2)7-8-31-23/h4-9,12,15,18-20H,1,10-11,13-14H2,2-3H3,(H2,30,32,33)(H,31,34,39). The molecule has 1 aliphatic carbocycles. The fourth-order valence-electron chi connectivity index (χ4n) is 6.04. The van der Waals surface area contributed by atoms with Crippen LogP contribution in [0.1, 0.15) is 34.8 Å². The van der Waals surface area contributed by atoms with Gasteiger partial charge in [-0.25, -0.2) is 19.6 Å². The second kappa shape index (κ2) is 10.1. The number of benzene rings is 1. The zero-order valence-electron chi connectivity index (χ0n) is 22.4. The number of nitrogens with zero attached hydrogens (tertiary/aromatic N) is 6. The number of methoxy groups -OCH3 is 1. The Kier molecular flexibility index (Phi) is 6.41. The lowest BCUT2D eigenvalue weighted by Gasteiger charge is -2.18. The molecule has 2 fully saturated rings. The van der Waals surface area contributed by atoms with Gasteiger partial charge in [-0.3, -0.25) is 9.59 Å². The molecule has 2 aliphatic rings. The number of nitrogens with two attached hydrogens (primary N) is 1. The maximum absolute atomic E-state index is 13.1. The Morgan fingerprint density at radius 2 is 1.90 bits per heavy atom. The number of ether oxygens (including phenoxy) is 1. The highest BCUT2D eigenvalue weighted by molar-refractivity contribution is 6.06. The van der Waals surface area contributed by atoms with Crippen molar-refractivity contribution in [1.29, 1.82) is 0 Å². The van der Waals surface area contributed by atoms with Crippen LogP contribution < -0.4 is 15.8 Å². The first-order valence-electron chi connectivity index (χ1n) is 13.2. The van der Waals surface area contributed by atoms with Crippen molar-refractivity contribution >= 4 is 34.5 Å². The van der Waals surface area contributed by atoms with Crippen LogP contribution in [0.15, 0.2) is 55.5 Å². The summed E-state index contributed by atoms with van der Waals surface area (Å²) in [6.07, 6.45) is 6.26. The van der Waals surface area contributed by atoms with Crippen LogP contribution in [0.25, 0.3) is 22.3 Å². The zero-order valence-corrected chi connectivity index (χ0v) is 22.4. The number of nitrogens with one attached hydrogen (secondary N) is 1. The number of aryl methyl sites for hydroxylation is 1. The van der Waals surface area contributed by atoms with Gasteiger partial charge in [-0.2, -0.15) is 5.10 Å². The van der Waals surface area contributed by atoms with Crippen molar-refractivity contribution in [1.82, 2.24) is 29.6 Å². The minimum absolute atomic E-state index is 0.0143. The number of carbonyl (C=O) groups excluding carboxylic acids is 2. The van der Waals surface area contributed by atoms with Crippen LogP contribution in [0.5, 0.6) is 5.75 Å². The Balaban J connectivity index is 1.32. The molecule has 3 aromatic heterocycles. The monoisotopic (exact) mass is 538 g/mol. The predicted octanol–water partition coefficient (Wildman–Crippen LogP) is 3.64. The first-order chi connectivity index (χ1) is 19.4. The second-order valence-corrected chi connectivity index (χ2v) is 10.4. The van der Waals surface area contributed by atoms with Crippen LogP contribution in [0.4, 0.5) is 11.6 Å². The maximum atomic E-state index is 13.1. The van der Waals surface area contributed by atoms with E-state index in [4.69, 9.17) is 15.6 Å². The van der Waals surface area contributed by atoms with Crippen molar-refractivity contribution in [3.63, 3.8) is 0 Å². The lowest BCUT2D eigenvalue weighted by Crippen LogP contribution is -2.28. The van der Waals surface area contributed by atoms with E-state index in [0.717, 1.165) is 37.1 Å². The first-order valence-corrected chi connectivity index (χ1v) is 13.2. The number of anilines is 2. The molecule has 40 heavy (non-hydrogen) atoms. The predicted molar refractivity (Wildman–Crippen MR) is 151 cm³/mol. The summed E-state index contributed by atoms with van der Waals surface area (Å²) >= 11 is 0. The van der Waals surface area contributed by atoms with E-state index in [-0.39, 0.29) is 17.9 Å². The molecule has 1 saturated heterocycles. The summed E-state index contributed by atoms with van der Waals surface area (Å²) in [4.78, 5) is 40.0. The fraction of sp³-hybridized carbons (Fsp3) is 0.310. The molecular formula is C29H30N8O3. The molecule has 11 heteroatoms. The lowest BCUT2D eigenvalue weighted by atomic mass is 10.0. The smallest absolute Gasteiger partial charge is 0.260 e. The van der Waals surface area contributed by atoms with E-state index < -0.39 is 0 Å². The normalized spacial score (nSPS) is 19.9. The van der Waals surface area contributed by atoms with Gasteiger partial charge >= 0.3 is 0 Å². The summed E-state index contributed by atoms with van der Waals surface area (Å²) in [6, 6.07) is 9.08. The largest absolute Gasteiger partial charge is 0.496 e. The van der Waals surface area contributed by atoms with E-state index in [1.807, 2.05) is 28.6 Å². The Hall–Kier alpha value is -4.80. The number of rotatable bonds is 6. The van der Waals surface area contributed by atoms with E-state index in [9.17, 15) is 9.59 Å². The van der Waals surface area contributed by atoms with Gasteiger partial charge in [-0.05, 0) is 67.5 Å². The van der Waals surface area contributed by atoms with Gasteiger partial charge < -0.3 is 20.7 Å². The number of likely N-dealkylation sites (tertiary alicyclic amines) is 1. The fourth-order valence-corrected chi connectivity index (χ4v) is 6.04. The number of amides is 2. The molecule has 11 nitrogen and oxygen atoms in total. The van der Waals surface area contributed by atoms with E-state index in [1.54, 1.807) is 24.4 Å². The van der Waals surface area contributed by atoms with Gasteiger partial charge in [0.05, 0.1) is 24.1 Å². The highest BCUT2D eigenvalue weighted by Crippen LogP contribution is 2.45. The highest BCUT2D eigenvalue weighted by atomic mass is 16.5. The van der Waals surface area contributed by atoms with Gasteiger partial charge in [0, 0.05) is 24.8 Å². The summed E-state index contributed by atoms with van der Waals surface area (Å²) in [7, 11) is 1.52. The summed E-state index contributed by atoms with van der Waals surface area (Å²) < 4.78 is 7.57. The molecule has 1 aromatic carbocycles. The summed E-state index contributed by atoms with van der Waals surface area (Å²) in [5.41, 5.74) is 9.73. The first kappa shape index (κ1) is 25.5. The number of pyridine rings is 1. The quantitative estimate of drug-likeness (QED) is 0.355. The molecule has 1 aliphatic heterocycles. The van der Waals surface area contributed by atoms with Gasteiger partial charge in [0.25, 0.3) is 5.91 Å². The van der Waals surface area contributed by atoms with Crippen molar-refractivity contribution in [3.05, 3.63) is 66.6 Å². The molecule has 6 rings (SSSR count). The minimum Gasteiger partial charge on any atom is -0.496 e. The Bertz CT molecular complexity index is 1630. The van der Waals surface area contributed by atoms with Crippen LogP contribution in [0.3, 0.4) is 0 Å². The van der Waals surface area contributed by atoms with E-state index in [0.29, 0.717) is 51.5 Å². The second-order valence-electron chi connectivity index (χ2n) is 10.4. The van der Waals surface area contributed by atoms with Crippen LogP contribution in [0, 0.1) is 18.8 Å². The molecule has 4 heterocycles. The molecule has 1 saturated carbocycles. The topological polar surface area (TPSA) is 141 Å². The van der Waals surface area contributed by atoms with Crippen molar-refractivity contribution in [3.8, 4) is 17.0 Å². The van der Waals surface area contributed by atoms with Crippen LogP contribution in [0.2, 0.25) is 0 Å². The lowest BCUT2D eigenvalue weighted by molar-refractivity contribution is -0.125. The van der Waals surface area contributed by atoms with Gasteiger partial charge in [-0.1, -0.05) is 12.6 Å². The van der Waals surface area contributed by atoms with Crippen LogP contribution in [-0.2, 0) is 4.79 Å². The Morgan fingerprint density at radius 1 is 1.12 bits per heavy atom. The van der Waals surface area contributed by atoms with Gasteiger partial charge in [0.2, 0.25) is 5.91 Å². The third-order valence-electron chi connectivity index (χ3n) is 7.95. The van der Waals surface area contributed by atoms with Crippen molar-refractivity contribution in [2.24, 2.45) is 11.8 Å². The Morgan fingerprint density at radius 3 is 2.60 bits per heavy atom. The van der Waals surface area contributed by atoms with Crippen molar-refractivity contribution in [2.75, 3.05) is 31.2 Å². The zero-order chi connectivity index (χ0) is 28.0. The Labute approximate surface area is 231 Å². The van der Waals surface area contributed by atoms with Gasteiger partial charge in [-0.15, -0.1) is 0 Å². The van der Waals surface area contributed by atoms with Gasteiger partial charge in [0.15, 0.2) is 5.65 Å². The number of carbonyl (C=O) groups is 2. The maximum Gasteiger partial charge on any atom is 0.260 e. The number of fused-ring (bicyclic) bond motifs is 2. The molecule has 4 aromatic rings. The molecule has 0 bridgehead atoms.